The van der Waals surface area contributed by atoms with Gasteiger partial charge in [0.05, 0.1) is 6.61 Å². The van der Waals surface area contributed by atoms with Gasteiger partial charge >= 0.3 is 0 Å². The van der Waals surface area contributed by atoms with Crippen LogP contribution in [0, 0.1) is 0 Å². The number of aliphatic hydroxyl groups is 1. The number of nitrogens with one attached hydrogen (secondary N) is 1. The van der Waals surface area contributed by atoms with E-state index in [1.54, 1.807) is 12.4 Å². The fourth-order valence-electron chi connectivity index (χ4n) is 2.00. The summed E-state index contributed by atoms with van der Waals surface area (Å²) in [5.41, 5.74) is 2.30. The van der Waals surface area contributed by atoms with Crippen molar-refractivity contribution in [2.24, 2.45) is 0 Å². The van der Waals surface area contributed by atoms with Crippen LogP contribution in [0.2, 0.25) is 0 Å². The summed E-state index contributed by atoms with van der Waals surface area (Å²) in [5.74, 6) is 1.42. The van der Waals surface area contributed by atoms with Gasteiger partial charge in [-0.3, -0.25) is 4.98 Å². The third-order valence-corrected chi connectivity index (χ3v) is 3.01. The van der Waals surface area contributed by atoms with E-state index in [1.807, 2.05) is 24.1 Å². The minimum atomic E-state index is 0.0592. The molecule has 2 N–H and O–H groups in total. The number of rotatable bonds is 4. The van der Waals surface area contributed by atoms with Gasteiger partial charge in [-0.25, -0.2) is 15.0 Å². The van der Waals surface area contributed by atoms with Crippen LogP contribution in [0.15, 0.2) is 30.9 Å². The number of nitrogens with zero attached hydrogens (tertiary/aromatic N) is 5. The molecule has 0 aliphatic heterocycles. The molecule has 0 radical (unpaired) electrons. The van der Waals surface area contributed by atoms with Crippen LogP contribution in [0.25, 0.3) is 22.6 Å². The molecular weight excluding hydrogens is 256 g/mol. The fourth-order valence-corrected chi connectivity index (χ4v) is 2.00. The normalized spacial score (nSPS) is 10.9. The molecule has 0 saturated carbocycles. The number of H-pyrrole nitrogens is 1. The Morgan fingerprint density at radius 1 is 1.25 bits per heavy atom. The molecule has 3 rings (SSSR count). The Kier molecular flexibility index (Phi) is 3.26. The van der Waals surface area contributed by atoms with E-state index in [1.165, 1.54) is 6.33 Å². The molecule has 0 aromatic carbocycles. The summed E-state index contributed by atoms with van der Waals surface area (Å²) >= 11 is 0. The van der Waals surface area contributed by atoms with E-state index in [-0.39, 0.29) is 6.61 Å². The van der Waals surface area contributed by atoms with E-state index in [4.69, 9.17) is 5.11 Å². The van der Waals surface area contributed by atoms with Gasteiger partial charge < -0.3 is 15.0 Å². The van der Waals surface area contributed by atoms with Crippen LogP contribution < -0.4 is 4.90 Å². The predicted octanol–water partition coefficient (Wildman–Crippen LogP) is 0.843. The zero-order valence-corrected chi connectivity index (χ0v) is 11.0. The van der Waals surface area contributed by atoms with Gasteiger partial charge in [0.15, 0.2) is 17.0 Å². The topological polar surface area (TPSA) is 90.8 Å². The van der Waals surface area contributed by atoms with Crippen LogP contribution in [0.4, 0.5) is 5.82 Å². The number of fused-ring (bicyclic) bond motifs is 1. The quantitative estimate of drug-likeness (QED) is 0.730. The highest BCUT2D eigenvalue weighted by atomic mass is 16.3. The Labute approximate surface area is 115 Å². The predicted molar refractivity (Wildman–Crippen MR) is 75.3 cm³/mol. The molecule has 3 aromatic heterocycles. The summed E-state index contributed by atoms with van der Waals surface area (Å²) in [6.45, 7) is 0.549. The molecule has 102 valence electrons. The molecular formula is C13H14N6O. The van der Waals surface area contributed by atoms with E-state index in [0.717, 1.165) is 11.4 Å². The van der Waals surface area contributed by atoms with Crippen molar-refractivity contribution in [1.29, 1.82) is 0 Å². The lowest BCUT2D eigenvalue weighted by Crippen LogP contribution is -2.22. The first kappa shape index (κ1) is 12.5. The number of imidazole rings is 1. The summed E-state index contributed by atoms with van der Waals surface area (Å²) < 4.78 is 0. The zero-order valence-electron chi connectivity index (χ0n) is 11.0. The van der Waals surface area contributed by atoms with Gasteiger partial charge in [0.1, 0.15) is 12.2 Å². The fraction of sp³-hybridized carbons (Fsp3) is 0.231. The minimum Gasteiger partial charge on any atom is -0.395 e. The molecule has 0 saturated heterocycles. The first-order valence-corrected chi connectivity index (χ1v) is 6.22. The van der Waals surface area contributed by atoms with E-state index in [2.05, 4.69) is 24.9 Å². The number of aliphatic hydroxyl groups excluding tert-OH is 1. The average molecular weight is 270 g/mol. The Balaban J connectivity index is 2.09. The molecule has 7 nitrogen and oxygen atoms in total. The molecule has 3 heterocycles. The van der Waals surface area contributed by atoms with Gasteiger partial charge in [-0.15, -0.1) is 0 Å². The SMILES string of the molecule is CN(CCO)c1ncnc2[nH]c(-c3ccncc3)nc12. The summed E-state index contributed by atoms with van der Waals surface area (Å²) in [7, 11) is 1.86. The smallest absolute Gasteiger partial charge is 0.163 e. The highest BCUT2D eigenvalue weighted by molar-refractivity contribution is 5.85. The maximum Gasteiger partial charge on any atom is 0.163 e. The van der Waals surface area contributed by atoms with Gasteiger partial charge in [-0.1, -0.05) is 0 Å². The highest BCUT2D eigenvalue weighted by Gasteiger charge is 2.13. The lowest BCUT2D eigenvalue weighted by Gasteiger charge is -2.15. The van der Waals surface area contributed by atoms with Crippen molar-refractivity contribution in [2.45, 2.75) is 0 Å². The largest absolute Gasteiger partial charge is 0.395 e. The van der Waals surface area contributed by atoms with Gasteiger partial charge in [-0.05, 0) is 12.1 Å². The minimum absolute atomic E-state index is 0.0592. The molecule has 0 bridgehead atoms. The Morgan fingerprint density at radius 3 is 2.80 bits per heavy atom. The van der Waals surface area contributed by atoms with Gasteiger partial charge in [0, 0.05) is 31.5 Å². The van der Waals surface area contributed by atoms with Crippen molar-refractivity contribution in [3.05, 3.63) is 30.9 Å². The monoisotopic (exact) mass is 270 g/mol. The van der Waals surface area contributed by atoms with Crippen molar-refractivity contribution in [3.63, 3.8) is 0 Å². The van der Waals surface area contributed by atoms with Crippen molar-refractivity contribution in [2.75, 3.05) is 25.1 Å². The van der Waals surface area contributed by atoms with Crippen molar-refractivity contribution >= 4 is 17.0 Å². The second kappa shape index (κ2) is 5.22. The van der Waals surface area contributed by atoms with E-state index < -0.39 is 0 Å². The summed E-state index contributed by atoms with van der Waals surface area (Å²) in [4.78, 5) is 22.0. The van der Waals surface area contributed by atoms with E-state index >= 15 is 0 Å². The summed E-state index contributed by atoms with van der Waals surface area (Å²) in [5, 5.41) is 9.03. The molecule has 0 fully saturated rings. The van der Waals surface area contributed by atoms with Crippen LogP contribution in [0.3, 0.4) is 0 Å². The molecule has 20 heavy (non-hydrogen) atoms. The lowest BCUT2D eigenvalue weighted by atomic mass is 10.2. The number of hydrogen-bond acceptors (Lipinski definition) is 6. The number of pyridine rings is 1. The van der Waals surface area contributed by atoms with Gasteiger partial charge in [0.2, 0.25) is 0 Å². The molecule has 7 heteroatoms. The number of aromatic amines is 1. The van der Waals surface area contributed by atoms with Crippen molar-refractivity contribution < 1.29 is 5.11 Å². The van der Waals surface area contributed by atoms with E-state index in [9.17, 15) is 0 Å². The van der Waals surface area contributed by atoms with Gasteiger partial charge in [-0.2, -0.15) is 0 Å². The number of anilines is 1. The summed E-state index contributed by atoms with van der Waals surface area (Å²) in [6.07, 6.45) is 4.92. The second-order valence-electron chi connectivity index (χ2n) is 4.36. The number of hydrogen-bond donors (Lipinski definition) is 2. The molecule has 0 spiro atoms. The molecule has 3 aromatic rings. The molecule has 0 amide bonds. The zero-order chi connectivity index (χ0) is 13.9. The van der Waals surface area contributed by atoms with Crippen LogP contribution >= 0.6 is 0 Å². The Morgan fingerprint density at radius 2 is 2.05 bits per heavy atom. The Bertz CT molecular complexity index is 711. The molecule has 0 aliphatic carbocycles. The molecule has 0 unspecified atom stereocenters. The number of aromatic nitrogens is 5. The van der Waals surface area contributed by atoms with Crippen molar-refractivity contribution in [3.8, 4) is 11.4 Å². The maximum absolute atomic E-state index is 9.03. The average Bonchev–Trinajstić information content (AvgIpc) is 2.92. The van der Waals surface area contributed by atoms with Crippen LogP contribution in [0.1, 0.15) is 0 Å². The van der Waals surface area contributed by atoms with Gasteiger partial charge in [0.25, 0.3) is 0 Å². The van der Waals surface area contributed by atoms with Crippen LogP contribution in [0.5, 0.6) is 0 Å². The summed E-state index contributed by atoms with van der Waals surface area (Å²) in [6, 6.07) is 3.75. The first-order valence-electron chi connectivity index (χ1n) is 6.22. The van der Waals surface area contributed by atoms with Crippen molar-refractivity contribution in [1.82, 2.24) is 24.9 Å². The van der Waals surface area contributed by atoms with Crippen LogP contribution in [-0.2, 0) is 0 Å². The second-order valence-corrected chi connectivity index (χ2v) is 4.36. The third-order valence-electron chi connectivity index (χ3n) is 3.01. The lowest BCUT2D eigenvalue weighted by molar-refractivity contribution is 0.304. The molecule has 0 atom stereocenters. The highest BCUT2D eigenvalue weighted by Crippen LogP contribution is 2.23. The van der Waals surface area contributed by atoms with E-state index in [0.29, 0.717) is 23.5 Å². The maximum atomic E-state index is 9.03. The standard InChI is InChI=1S/C13H14N6O/c1-19(6-7-20)13-10-12(15-8-16-13)18-11(17-10)9-2-4-14-5-3-9/h2-5,8,20H,6-7H2,1H3,(H,15,16,17,18). The van der Waals surface area contributed by atoms with Crippen LogP contribution in [-0.4, -0.2) is 50.2 Å². The number of likely N-dealkylation sites (N-methyl/N-ethyl adjacent to an activating group) is 1. The first-order chi connectivity index (χ1) is 9.79. The molecule has 0 aliphatic rings. The third kappa shape index (κ3) is 2.19. The Hall–Kier alpha value is -2.54.